The molecule has 0 radical (unpaired) electrons. The van der Waals surface area contributed by atoms with Gasteiger partial charge in [-0.15, -0.1) is 0 Å². The molecule has 0 bridgehead atoms. The summed E-state index contributed by atoms with van der Waals surface area (Å²) in [5.41, 5.74) is 0. The fourth-order valence-corrected chi connectivity index (χ4v) is 0.971. The zero-order chi connectivity index (χ0) is 11.5. The van der Waals surface area contributed by atoms with E-state index in [2.05, 4.69) is 6.92 Å². The van der Waals surface area contributed by atoms with Crippen molar-refractivity contribution in [2.75, 3.05) is 6.61 Å². The number of unbranched alkanes of at least 4 members (excludes halogenated alkanes) is 2. The molecule has 76 valence electrons. The topological polar surface area (TPSA) is 20.2 Å². The van der Waals surface area contributed by atoms with Gasteiger partial charge in [-0.3, -0.25) is 0 Å². The fourth-order valence-electron chi connectivity index (χ4n) is 0.971. The van der Waals surface area contributed by atoms with Crippen LogP contribution in [0.15, 0.2) is 24.3 Å². The van der Waals surface area contributed by atoms with Crippen molar-refractivity contribution >= 4 is 0 Å². The Kier molecular flexibility index (Phi) is 7.93. The lowest BCUT2D eigenvalue weighted by molar-refractivity contribution is 0.302. The van der Waals surface area contributed by atoms with E-state index in [0.717, 1.165) is 12.8 Å². The van der Waals surface area contributed by atoms with Gasteiger partial charge in [0.15, 0.2) is 0 Å². The molecule has 0 aromatic heterocycles. The average molecular weight is 184 g/mol. The lowest BCUT2D eigenvalue weighted by Gasteiger charge is -1.90. The Morgan fingerprint density at radius 3 is 2.46 bits per heavy atom. The molecule has 1 N–H and O–H groups in total. The van der Waals surface area contributed by atoms with Crippen LogP contribution in [0, 0.1) is 0 Å². The minimum Gasteiger partial charge on any atom is -0.396 e. The zero-order valence-corrected chi connectivity index (χ0v) is 8.55. The maximum atomic E-state index is 8.58. The Hall–Kier alpha value is -0.560. The van der Waals surface area contributed by atoms with Crippen LogP contribution in [0.2, 0.25) is 0 Å². The standard InChI is InChI=1S/C12H22O/c1-2-3-4-5-6-7-8-9-10-11-12-13/h6-7,9-10,13H,2-5,8,11-12H2,1H3/b7-6-,10-9-/i6D,10D. The molecule has 1 nitrogen and oxygen atoms in total. The van der Waals surface area contributed by atoms with Gasteiger partial charge in [-0.25, -0.2) is 0 Å². The molecule has 0 saturated heterocycles. The highest BCUT2D eigenvalue weighted by atomic mass is 16.2. The summed E-state index contributed by atoms with van der Waals surface area (Å²) in [5.74, 6) is 0. The van der Waals surface area contributed by atoms with Crippen LogP contribution in [0.25, 0.3) is 0 Å². The van der Waals surface area contributed by atoms with E-state index in [1.165, 1.54) is 12.8 Å². The van der Waals surface area contributed by atoms with Gasteiger partial charge in [0.05, 0.1) is 2.74 Å². The van der Waals surface area contributed by atoms with Crippen LogP contribution in [0.3, 0.4) is 0 Å². The van der Waals surface area contributed by atoms with Crippen molar-refractivity contribution in [3.8, 4) is 0 Å². The third-order valence-electron chi connectivity index (χ3n) is 1.71. The van der Waals surface area contributed by atoms with Gasteiger partial charge in [-0.05, 0) is 25.7 Å². The van der Waals surface area contributed by atoms with Crippen molar-refractivity contribution in [2.24, 2.45) is 0 Å². The molecule has 0 fully saturated rings. The summed E-state index contributed by atoms with van der Waals surface area (Å²) < 4.78 is 15.0. The Morgan fingerprint density at radius 2 is 1.85 bits per heavy atom. The monoisotopic (exact) mass is 184 g/mol. The van der Waals surface area contributed by atoms with Crippen LogP contribution in [-0.2, 0) is 0 Å². The fraction of sp³-hybridized carbons (Fsp3) is 0.667. The van der Waals surface area contributed by atoms with Gasteiger partial charge in [0.2, 0.25) is 0 Å². The maximum Gasteiger partial charge on any atom is 0.0573 e. The van der Waals surface area contributed by atoms with Crippen LogP contribution in [0.1, 0.15) is 48.2 Å². The van der Waals surface area contributed by atoms with E-state index in [9.17, 15) is 0 Å². The predicted octanol–water partition coefficient (Wildman–Crippen LogP) is 3.45. The number of allylic oxidation sites excluding steroid dienone is 3. The van der Waals surface area contributed by atoms with E-state index >= 15 is 0 Å². The first-order valence-corrected chi connectivity index (χ1v) is 5.12. The second kappa shape index (κ2) is 11.4. The second-order valence-corrected chi connectivity index (χ2v) is 2.98. The van der Waals surface area contributed by atoms with Gasteiger partial charge in [-0.1, -0.05) is 44.0 Å². The Bertz CT molecular complexity index is 210. The van der Waals surface area contributed by atoms with Crippen LogP contribution < -0.4 is 0 Å². The molecule has 0 aromatic carbocycles. The second-order valence-electron chi connectivity index (χ2n) is 2.98. The minimum atomic E-state index is 0.0310. The predicted molar refractivity (Wildman–Crippen MR) is 58.7 cm³/mol. The SMILES string of the molecule is [2H]/C(=C/C/C=C(/[2H])CCCCC)CCO. The molecular formula is C12H22O. The lowest BCUT2D eigenvalue weighted by atomic mass is 10.2. The molecule has 0 spiro atoms. The normalized spacial score (nSPS) is 15.5. The summed E-state index contributed by atoms with van der Waals surface area (Å²) in [5, 5.41) is 8.58. The van der Waals surface area contributed by atoms with Crippen LogP contribution in [-0.4, -0.2) is 11.7 Å². The van der Waals surface area contributed by atoms with Crippen LogP contribution in [0.4, 0.5) is 0 Å². The van der Waals surface area contributed by atoms with E-state index < -0.39 is 0 Å². The zero-order valence-electron chi connectivity index (χ0n) is 10.6. The molecule has 0 heterocycles. The summed E-state index contributed by atoms with van der Waals surface area (Å²) in [4.78, 5) is 0. The molecule has 0 amide bonds. The molecule has 0 unspecified atom stereocenters. The van der Waals surface area contributed by atoms with Crippen molar-refractivity contribution in [1.29, 1.82) is 0 Å². The third-order valence-corrected chi connectivity index (χ3v) is 1.71. The summed E-state index contributed by atoms with van der Waals surface area (Å²) in [6.07, 6.45) is 8.95. The van der Waals surface area contributed by atoms with E-state index in [0.29, 0.717) is 24.9 Å². The number of aliphatic hydroxyl groups excluding tert-OH is 1. The maximum absolute atomic E-state index is 8.58. The number of hydrogen-bond acceptors (Lipinski definition) is 1. The van der Waals surface area contributed by atoms with E-state index in [4.69, 9.17) is 7.85 Å². The van der Waals surface area contributed by atoms with Crippen molar-refractivity contribution in [3.05, 3.63) is 24.3 Å². The smallest absolute Gasteiger partial charge is 0.0573 e. The first-order valence-electron chi connectivity index (χ1n) is 6.12. The highest BCUT2D eigenvalue weighted by molar-refractivity contribution is 4.92. The molecule has 0 aliphatic rings. The number of hydrogen-bond donors (Lipinski definition) is 1. The quantitative estimate of drug-likeness (QED) is 0.452. The third kappa shape index (κ3) is 11.4. The highest BCUT2D eigenvalue weighted by Gasteiger charge is 1.80. The van der Waals surface area contributed by atoms with Crippen molar-refractivity contribution in [2.45, 2.75) is 45.4 Å². The van der Waals surface area contributed by atoms with Gasteiger partial charge in [0, 0.05) is 6.61 Å². The lowest BCUT2D eigenvalue weighted by Crippen LogP contribution is -1.74. The number of rotatable bonds is 8. The largest absolute Gasteiger partial charge is 0.396 e. The summed E-state index contributed by atoms with van der Waals surface area (Å²) in [7, 11) is 0. The molecule has 0 rings (SSSR count). The molecule has 0 atom stereocenters. The van der Waals surface area contributed by atoms with E-state index in [1.54, 1.807) is 6.08 Å². The van der Waals surface area contributed by atoms with Gasteiger partial charge < -0.3 is 5.11 Å². The summed E-state index contributed by atoms with van der Waals surface area (Å²) in [6.45, 7) is 2.18. The molecular weight excluding hydrogens is 160 g/mol. The van der Waals surface area contributed by atoms with E-state index in [1.807, 2.05) is 6.08 Å². The van der Waals surface area contributed by atoms with Gasteiger partial charge in [0.25, 0.3) is 0 Å². The van der Waals surface area contributed by atoms with Crippen molar-refractivity contribution < 1.29 is 7.85 Å². The average Bonchev–Trinajstić information content (AvgIpc) is 2.18. The van der Waals surface area contributed by atoms with Crippen LogP contribution >= 0.6 is 0 Å². The Morgan fingerprint density at radius 1 is 1.15 bits per heavy atom. The van der Waals surface area contributed by atoms with Gasteiger partial charge in [0.1, 0.15) is 0 Å². The Balaban J connectivity index is 3.69. The van der Waals surface area contributed by atoms with E-state index in [-0.39, 0.29) is 6.61 Å². The van der Waals surface area contributed by atoms with Gasteiger partial charge >= 0.3 is 0 Å². The first kappa shape index (κ1) is 9.01. The molecule has 0 aliphatic carbocycles. The molecule has 13 heavy (non-hydrogen) atoms. The van der Waals surface area contributed by atoms with Gasteiger partial charge in [-0.2, -0.15) is 0 Å². The van der Waals surface area contributed by atoms with Crippen molar-refractivity contribution in [3.63, 3.8) is 0 Å². The molecule has 0 aromatic rings. The molecule has 0 aliphatic heterocycles. The summed E-state index contributed by atoms with van der Waals surface area (Å²) in [6, 6.07) is 1.12. The summed E-state index contributed by atoms with van der Waals surface area (Å²) >= 11 is 0. The van der Waals surface area contributed by atoms with Crippen molar-refractivity contribution in [1.82, 2.24) is 0 Å². The van der Waals surface area contributed by atoms with Crippen LogP contribution in [0.5, 0.6) is 0 Å². The minimum absolute atomic E-state index is 0.0310. The highest BCUT2D eigenvalue weighted by Crippen LogP contribution is 2.00. The first-order chi connectivity index (χ1) is 7.20. The Labute approximate surface area is 85.0 Å². The molecule has 0 saturated carbocycles. The number of aliphatic hydroxyl groups is 1. The molecule has 1 heteroatoms.